The van der Waals surface area contributed by atoms with Gasteiger partial charge in [0.1, 0.15) is 6.10 Å². The number of nitrogens with zero attached hydrogens (tertiary/aromatic N) is 2. The first-order chi connectivity index (χ1) is 10.2. The lowest BCUT2D eigenvalue weighted by Crippen LogP contribution is -2.44. The first-order valence-electron chi connectivity index (χ1n) is 8.11. The van der Waals surface area contributed by atoms with Crippen molar-refractivity contribution in [1.82, 2.24) is 4.90 Å². The summed E-state index contributed by atoms with van der Waals surface area (Å²) in [6.07, 6.45) is 4.12. The number of halogens is 1. The predicted octanol–water partition coefficient (Wildman–Crippen LogP) is 1.57. The lowest BCUT2D eigenvalue weighted by molar-refractivity contribution is -0.210. The molecule has 0 saturated carbocycles. The smallest absolute Gasteiger partial charge is 0.191 e. The topological polar surface area (TPSA) is 69.3 Å². The predicted molar refractivity (Wildman–Crippen MR) is 95.5 cm³/mol. The molecule has 7 heteroatoms. The summed E-state index contributed by atoms with van der Waals surface area (Å²) in [5.74, 6) is 0.925. The first kappa shape index (κ1) is 18.2. The van der Waals surface area contributed by atoms with Gasteiger partial charge in [0.2, 0.25) is 0 Å². The molecule has 1 spiro atoms. The highest BCUT2D eigenvalue weighted by Gasteiger charge is 2.42. The number of nitrogens with two attached hydrogens (primary N) is 1. The summed E-state index contributed by atoms with van der Waals surface area (Å²) in [5.41, 5.74) is 6.12. The third-order valence-corrected chi connectivity index (χ3v) is 4.61. The van der Waals surface area contributed by atoms with Crippen LogP contribution < -0.4 is 5.73 Å². The maximum Gasteiger partial charge on any atom is 0.191 e. The second kappa shape index (κ2) is 8.12. The van der Waals surface area contributed by atoms with Gasteiger partial charge in [-0.2, -0.15) is 0 Å². The number of aliphatic imine (C=N–C) groups is 1. The molecule has 2 atom stereocenters. The SMILES string of the molecule is CC1CCCN(C(N)=NCC2COC3(CCOCC3)O2)C1.I. The molecular weight excluding hydrogens is 397 g/mol. The van der Waals surface area contributed by atoms with Gasteiger partial charge in [-0.3, -0.25) is 4.99 Å². The van der Waals surface area contributed by atoms with E-state index in [0.717, 1.165) is 25.9 Å². The van der Waals surface area contributed by atoms with Gasteiger partial charge < -0.3 is 24.8 Å². The van der Waals surface area contributed by atoms with E-state index in [2.05, 4.69) is 16.8 Å². The summed E-state index contributed by atoms with van der Waals surface area (Å²) < 4.78 is 17.3. The molecular formula is C15H28IN3O3. The first-order valence-corrected chi connectivity index (χ1v) is 8.11. The number of hydrogen-bond donors (Lipinski definition) is 1. The highest BCUT2D eigenvalue weighted by molar-refractivity contribution is 14.0. The molecule has 3 aliphatic rings. The molecule has 3 heterocycles. The second-order valence-electron chi connectivity index (χ2n) is 6.47. The standard InChI is InChI=1S/C15H27N3O3.HI/c1-12-3-2-6-18(10-12)14(16)17-9-13-11-20-15(21-13)4-7-19-8-5-15;/h12-13H,2-11H2,1H3,(H2,16,17);1H. The van der Waals surface area contributed by atoms with Crippen molar-refractivity contribution in [3.8, 4) is 0 Å². The molecule has 3 fully saturated rings. The molecule has 0 amide bonds. The Bertz CT molecular complexity index is 388. The molecule has 128 valence electrons. The Morgan fingerprint density at radius 1 is 1.36 bits per heavy atom. The van der Waals surface area contributed by atoms with E-state index < -0.39 is 5.79 Å². The number of ether oxygens (including phenoxy) is 3. The Labute approximate surface area is 149 Å². The van der Waals surface area contributed by atoms with Crippen LogP contribution in [0.2, 0.25) is 0 Å². The van der Waals surface area contributed by atoms with Crippen LogP contribution in [0.3, 0.4) is 0 Å². The molecule has 2 N–H and O–H groups in total. The molecule has 2 unspecified atom stereocenters. The Morgan fingerprint density at radius 2 is 2.14 bits per heavy atom. The van der Waals surface area contributed by atoms with Crippen LogP contribution in [0.25, 0.3) is 0 Å². The van der Waals surface area contributed by atoms with Crippen LogP contribution in [0.4, 0.5) is 0 Å². The fourth-order valence-corrected chi connectivity index (χ4v) is 3.34. The molecule has 0 radical (unpaired) electrons. The van der Waals surface area contributed by atoms with Crippen molar-refractivity contribution < 1.29 is 14.2 Å². The molecule has 0 aromatic carbocycles. The molecule has 3 rings (SSSR count). The van der Waals surface area contributed by atoms with Crippen LogP contribution in [0.15, 0.2) is 4.99 Å². The van der Waals surface area contributed by atoms with E-state index in [9.17, 15) is 0 Å². The quantitative estimate of drug-likeness (QED) is 0.413. The van der Waals surface area contributed by atoms with Crippen LogP contribution in [-0.2, 0) is 14.2 Å². The van der Waals surface area contributed by atoms with Crippen LogP contribution in [0.1, 0.15) is 32.6 Å². The lowest BCUT2D eigenvalue weighted by Gasteiger charge is -2.32. The Morgan fingerprint density at radius 3 is 2.86 bits per heavy atom. The van der Waals surface area contributed by atoms with Crippen molar-refractivity contribution in [3.63, 3.8) is 0 Å². The summed E-state index contributed by atoms with van der Waals surface area (Å²) >= 11 is 0. The van der Waals surface area contributed by atoms with E-state index in [1.54, 1.807) is 0 Å². The molecule has 0 aromatic heterocycles. The van der Waals surface area contributed by atoms with E-state index in [1.165, 1.54) is 12.8 Å². The zero-order chi connectivity index (χ0) is 14.7. The van der Waals surface area contributed by atoms with Gasteiger partial charge in [0.15, 0.2) is 11.7 Å². The number of piperidine rings is 1. The van der Waals surface area contributed by atoms with Crippen LogP contribution >= 0.6 is 24.0 Å². The third kappa shape index (κ3) is 4.46. The van der Waals surface area contributed by atoms with E-state index in [4.69, 9.17) is 19.9 Å². The van der Waals surface area contributed by atoms with Crippen LogP contribution in [0, 0.1) is 5.92 Å². The number of hydrogen-bond acceptors (Lipinski definition) is 4. The maximum atomic E-state index is 6.12. The molecule has 6 nitrogen and oxygen atoms in total. The summed E-state index contributed by atoms with van der Waals surface area (Å²) in [5, 5.41) is 0. The van der Waals surface area contributed by atoms with Gasteiger partial charge in [0.05, 0.1) is 26.4 Å². The minimum Gasteiger partial charge on any atom is -0.381 e. The zero-order valence-electron chi connectivity index (χ0n) is 13.3. The third-order valence-electron chi connectivity index (χ3n) is 4.61. The average molecular weight is 425 g/mol. The maximum absolute atomic E-state index is 6.12. The fourth-order valence-electron chi connectivity index (χ4n) is 3.34. The van der Waals surface area contributed by atoms with E-state index >= 15 is 0 Å². The Hall–Kier alpha value is -0.120. The molecule has 0 aromatic rings. The lowest BCUT2D eigenvalue weighted by atomic mass is 10.0. The summed E-state index contributed by atoms with van der Waals surface area (Å²) in [7, 11) is 0. The number of likely N-dealkylation sites (tertiary alicyclic amines) is 1. The fraction of sp³-hybridized carbons (Fsp3) is 0.933. The monoisotopic (exact) mass is 425 g/mol. The van der Waals surface area contributed by atoms with Gasteiger partial charge in [-0.05, 0) is 18.8 Å². The average Bonchev–Trinajstić information content (AvgIpc) is 2.88. The Balaban J connectivity index is 0.00000176. The summed E-state index contributed by atoms with van der Waals surface area (Å²) in [6, 6.07) is 0. The van der Waals surface area contributed by atoms with Crippen molar-refractivity contribution >= 4 is 29.9 Å². The second-order valence-corrected chi connectivity index (χ2v) is 6.47. The van der Waals surface area contributed by atoms with Crippen LogP contribution in [-0.4, -0.2) is 62.2 Å². The molecule has 3 aliphatic heterocycles. The minimum atomic E-state index is -0.424. The van der Waals surface area contributed by atoms with Gasteiger partial charge in [0, 0.05) is 25.9 Å². The van der Waals surface area contributed by atoms with Crippen LogP contribution in [0.5, 0.6) is 0 Å². The molecule has 3 saturated heterocycles. The zero-order valence-corrected chi connectivity index (χ0v) is 15.7. The highest BCUT2D eigenvalue weighted by Crippen LogP contribution is 2.33. The van der Waals surface area contributed by atoms with Gasteiger partial charge in [-0.15, -0.1) is 24.0 Å². The van der Waals surface area contributed by atoms with E-state index in [0.29, 0.717) is 38.2 Å². The summed E-state index contributed by atoms with van der Waals surface area (Å²) in [4.78, 5) is 6.72. The van der Waals surface area contributed by atoms with Crippen molar-refractivity contribution in [2.75, 3.05) is 39.5 Å². The largest absolute Gasteiger partial charge is 0.381 e. The highest BCUT2D eigenvalue weighted by atomic mass is 127. The van der Waals surface area contributed by atoms with Crippen molar-refractivity contribution in [3.05, 3.63) is 0 Å². The van der Waals surface area contributed by atoms with Gasteiger partial charge in [-0.25, -0.2) is 0 Å². The van der Waals surface area contributed by atoms with Crippen molar-refractivity contribution in [2.45, 2.75) is 44.5 Å². The molecule has 0 aliphatic carbocycles. The van der Waals surface area contributed by atoms with E-state index in [1.807, 2.05) is 0 Å². The normalized spacial score (nSPS) is 32.0. The Kier molecular flexibility index (Phi) is 6.73. The van der Waals surface area contributed by atoms with Crippen molar-refractivity contribution in [2.24, 2.45) is 16.6 Å². The molecule has 0 bridgehead atoms. The van der Waals surface area contributed by atoms with Gasteiger partial charge in [0.25, 0.3) is 0 Å². The minimum absolute atomic E-state index is 0. The summed E-state index contributed by atoms with van der Waals surface area (Å²) in [6.45, 7) is 6.91. The molecule has 22 heavy (non-hydrogen) atoms. The van der Waals surface area contributed by atoms with Crippen molar-refractivity contribution in [1.29, 1.82) is 0 Å². The van der Waals surface area contributed by atoms with Gasteiger partial charge >= 0.3 is 0 Å². The number of rotatable bonds is 2. The van der Waals surface area contributed by atoms with E-state index in [-0.39, 0.29) is 30.1 Å². The van der Waals surface area contributed by atoms with Gasteiger partial charge in [-0.1, -0.05) is 6.92 Å². The number of guanidine groups is 1.